The quantitative estimate of drug-likeness (QED) is 0.177. The van der Waals surface area contributed by atoms with Gasteiger partial charge in [0.25, 0.3) is 0 Å². The van der Waals surface area contributed by atoms with Gasteiger partial charge >= 0.3 is 7.82 Å². The van der Waals surface area contributed by atoms with Crippen LogP contribution in [0.25, 0.3) is 0 Å². The maximum Gasteiger partial charge on any atom is 0.472 e. The molecule has 0 atom stereocenters. The Kier molecular flexibility index (Phi) is 19.0. The molecule has 25 heavy (non-hydrogen) atoms. The van der Waals surface area contributed by atoms with Crippen LogP contribution in [0.3, 0.4) is 0 Å². The van der Waals surface area contributed by atoms with Gasteiger partial charge in [0.1, 0.15) is 0 Å². The van der Waals surface area contributed by atoms with Crippen LogP contribution < -0.4 is 0 Å². The SMILES string of the molecule is CCCCCCCCCCOP(=O)(O)OCCCCCCCCCC. The van der Waals surface area contributed by atoms with Gasteiger partial charge in [0.05, 0.1) is 13.2 Å². The maximum absolute atomic E-state index is 11.7. The molecule has 0 aliphatic heterocycles. The zero-order chi connectivity index (χ0) is 18.6. The molecule has 5 heteroatoms. The largest absolute Gasteiger partial charge is 0.472 e. The van der Waals surface area contributed by atoms with Crippen LogP contribution in [0.15, 0.2) is 0 Å². The number of phosphoric acid groups is 1. The van der Waals surface area contributed by atoms with Crippen LogP contribution in [-0.4, -0.2) is 18.1 Å². The lowest BCUT2D eigenvalue weighted by atomic mass is 10.1. The summed E-state index contributed by atoms with van der Waals surface area (Å²) >= 11 is 0. The van der Waals surface area contributed by atoms with E-state index in [1.54, 1.807) is 0 Å². The molecule has 1 N–H and O–H groups in total. The van der Waals surface area contributed by atoms with Crippen LogP contribution in [-0.2, 0) is 13.6 Å². The molecule has 0 saturated heterocycles. The minimum atomic E-state index is -3.83. The Morgan fingerprint density at radius 3 is 1.16 bits per heavy atom. The number of phosphoric ester groups is 1. The highest BCUT2D eigenvalue weighted by Crippen LogP contribution is 2.43. The Morgan fingerprint density at radius 2 is 0.840 bits per heavy atom. The van der Waals surface area contributed by atoms with Gasteiger partial charge < -0.3 is 4.89 Å². The summed E-state index contributed by atoms with van der Waals surface area (Å²) in [5.74, 6) is 0. The average molecular weight is 379 g/mol. The summed E-state index contributed by atoms with van der Waals surface area (Å²) in [7, 11) is -3.83. The van der Waals surface area contributed by atoms with Crippen molar-refractivity contribution in [2.45, 2.75) is 117 Å². The van der Waals surface area contributed by atoms with Gasteiger partial charge in [-0.15, -0.1) is 0 Å². The molecule has 0 fully saturated rings. The first kappa shape index (κ1) is 25.1. The number of hydrogen-bond acceptors (Lipinski definition) is 3. The summed E-state index contributed by atoms with van der Waals surface area (Å²) in [6.45, 7) is 5.09. The second-order valence-electron chi connectivity index (χ2n) is 7.08. The summed E-state index contributed by atoms with van der Waals surface area (Å²) in [6.07, 6.45) is 19.1. The van der Waals surface area contributed by atoms with Gasteiger partial charge in [-0.05, 0) is 12.8 Å². The molecular weight excluding hydrogens is 335 g/mol. The molecule has 0 bridgehead atoms. The van der Waals surface area contributed by atoms with Crippen molar-refractivity contribution in [1.29, 1.82) is 0 Å². The third kappa shape index (κ3) is 20.3. The van der Waals surface area contributed by atoms with Gasteiger partial charge in [0, 0.05) is 0 Å². The molecule has 0 aromatic heterocycles. The fourth-order valence-electron chi connectivity index (χ4n) is 2.87. The Labute approximate surface area is 156 Å². The molecule has 0 aromatic carbocycles. The summed E-state index contributed by atoms with van der Waals surface area (Å²) < 4.78 is 21.8. The summed E-state index contributed by atoms with van der Waals surface area (Å²) in [5.41, 5.74) is 0. The van der Waals surface area contributed by atoms with E-state index >= 15 is 0 Å². The van der Waals surface area contributed by atoms with Crippen molar-refractivity contribution in [1.82, 2.24) is 0 Å². The average Bonchev–Trinajstić information content (AvgIpc) is 2.59. The molecule has 4 nitrogen and oxygen atoms in total. The molecule has 152 valence electrons. The number of hydrogen-bond donors (Lipinski definition) is 1. The Morgan fingerprint density at radius 1 is 0.560 bits per heavy atom. The van der Waals surface area contributed by atoms with Gasteiger partial charge in [-0.1, -0.05) is 104 Å². The first-order valence-electron chi connectivity index (χ1n) is 10.7. The molecule has 0 radical (unpaired) electrons. The lowest BCUT2D eigenvalue weighted by Gasteiger charge is -2.12. The van der Waals surface area contributed by atoms with Crippen molar-refractivity contribution in [2.24, 2.45) is 0 Å². The van der Waals surface area contributed by atoms with Crippen LogP contribution >= 0.6 is 7.82 Å². The van der Waals surface area contributed by atoms with Crippen molar-refractivity contribution in [2.75, 3.05) is 13.2 Å². The highest BCUT2D eigenvalue weighted by molar-refractivity contribution is 7.47. The molecule has 0 amide bonds. The summed E-state index contributed by atoms with van der Waals surface area (Å²) in [5, 5.41) is 0. The van der Waals surface area contributed by atoms with Gasteiger partial charge in [-0.25, -0.2) is 4.57 Å². The third-order valence-electron chi connectivity index (χ3n) is 4.50. The van der Waals surface area contributed by atoms with Crippen molar-refractivity contribution in [3.8, 4) is 0 Å². The van der Waals surface area contributed by atoms with E-state index in [0.717, 1.165) is 25.7 Å². The predicted molar refractivity (Wildman–Crippen MR) is 107 cm³/mol. The third-order valence-corrected chi connectivity index (χ3v) is 5.52. The first-order chi connectivity index (χ1) is 12.1. The number of unbranched alkanes of at least 4 members (excludes halogenated alkanes) is 14. The molecule has 0 saturated carbocycles. The second kappa shape index (κ2) is 18.9. The fraction of sp³-hybridized carbons (Fsp3) is 1.00. The van der Waals surface area contributed by atoms with Crippen LogP contribution in [0.4, 0.5) is 0 Å². The van der Waals surface area contributed by atoms with Gasteiger partial charge in [-0.3, -0.25) is 9.05 Å². The van der Waals surface area contributed by atoms with Crippen molar-refractivity contribution in [3.63, 3.8) is 0 Å². The number of rotatable bonds is 20. The second-order valence-corrected chi connectivity index (χ2v) is 8.54. The first-order valence-corrected chi connectivity index (χ1v) is 12.2. The van der Waals surface area contributed by atoms with Crippen LogP contribution in [0, 0.1) is 0 Å². The molecule has 0 aliphatic carbocycles. The minimum absolute atomic E-state index is 0.320. The minimum Gasteiger partial charge on any atom is -0.302 e. The molecule has 0 heterocycles. The highest BCUT2D eigenvalue weighted by Gasteiger charge is 2.19. The molecular formula is C20H43O4P. The predicted octanol–water partition coefficient (Wildman–Crippen LogP) is 7.40. The fourth-order valence-corrected chi connectivity index (χ4v) is 3.66. The van der Waals surface area contributed by atoms with E-state index in [2.05, 4.69) is 13.8 Å². The van der Waals surface area contributed by atoms with Crippen molar-refractivity contribution in [3.05, 3.63) is 0 Å². The molecule has 0 unspecified atom stereocenters. The summed E-state index contributed by atoms with van der Waals surface area (Å²) in [4.78, 5) is 9.63. The van der Waals surface area contributed by atoms with Crippen LogP contribution in [0.1, 0.15) is 117 Å². The molecule has 0 spiro atoms. The van der Waals surface area contributed by atoms with E-state index in [4.69, 9.17) is 9.05 Å². The highest BCUT2D eigenvalue weighted by atomic mass is 31.2. The maximum atomic E-state index is 11.7. The normalized spacial score (nSPS) is 12.0. The van der Waals surface area contributed by atoms with E-state index in [-0.39, 0.29) is 0 Å². The van der Waals surface area contributed by atoms with E-state index < -0.39 is 7.82 Å². The van der Waals surface area contributed by atoms with E-state index in [1.807, 2.05) is 0 Å². The van der Waals surface area contributed by atoms with Crippen LogP contribution in [0.2, 0.25) is 0 Å². The topological polar surface area (TPSA) is 55.8 Å². The van der Waals surface area contributed by atoms with Crippen molar-refractivity contribution >= 4 is 7.82 Å². The lowest BCUT2D eigenvalue weighted by molar-refractivity contribution is 0.145. The molecule has 0 aliphatic rings. The zero-order valence-electron chi connectivity index (χ0n) is 16.8. The monoisotopic (exact) mass is 378 g/mol. The molecule has 0 aromatic rings. The Hall–Kier alpha value is 0.110. The smallest absolute Gasteiger partial charge is 0.302 e. The molecule has 0 rings (SSSR count). The van der Waals surface area contributed by atoms with Crippen molar-refractivity contribution < 1.29 is 18.5 Å². The Balaban J connectivity index is 3.34. The Bertz CT molecular complexity index is 284. The van der Waals surface area contributed by atoms with Gasteiger partial charge in [0.15, 0.2) is 0 Å². The summed E-state index contributed by atoms with van der Waals surface area (Å²) in [6, 6.07) is 0. The van der Waals surface area contributed by atoms with Gasteiger partial charge in [-0.2, -0.15) is 0 Å². The van der Waals surface area contributed by atoms with Gasteiger partial charge in [0.2, 0.25) is 0 Å². The van der Waals surface area contributed by atoms with E-state index in [1.165, 1.54) is 77.0 Å². The zero-order valence-corrected chi connectivity index (χ0v) is 17.7. The standard InChI is InChI=1S/C20H43O4P/c1-3-5-7-9-11-13-15-17-19-23-25(21,22)24-20-18-16-14-12-10-8-6-4-2/h3-20H2,1-2H3,(H,21,22). The van der Waals surface area contributed by atoms with E-state index in [9.17, 15) is 9.46 Å². The lowest BCUT2D eigenvalue weighted by Crippen LogP contribution is -1.99. The van der Waals surface area contributed by atoms with E-state index in [0.29, 0.717) is 13.2 Å². The van der Waals surface area contributed by atoms with Crippen LogP contribution in [0.5, 0.6) is 0 Å².